The van der Waals surface area contributed by atoms with Crippen LogP contribution in [0.1, 0.15) is 24.2 Å². The van der Waals surface area contributed by atoms with E-state index in [1.165, 1.54) is 6.07 Å². The summed E-state index contributed by atoms with van der Waals surface area (Å²) in [7, 11) is -3.83. The van der Waals surface area contributed by atoms with Gasteiger partial charge in [-0.3, -0.25) is 0 Å². The molecule has 0 saturated heterocycles. The Bertz CT molecular complexity index is 765. The maximum atomic E-state index is 11.5. The minimum Gasteiger partial charge on any atom is -0.396 e. The molecule has 106 valence electrons. The van der Waals surface area contributed by atoms with Crippen molar-refractivity contribution in [2.75, 3.05) is 5.73 Å². The lowest BCUT2D eigenvalue weighted by atomic mass is 10.0. The van der Waals surface area contributed by atoms with Crippen LogP contribution in [0.15, 0.2) is 29.4 Å². The molecule has 1 aliphatic carbocycles. The molecule has 1 heterocycles. The third-order valence-corrected chi connectivity index (χ3v) is 4.61. The largest absolute Gasteiger partial charge is 0.396 e. The average molecular weight is 292 g/mol. The lowest BCUT2D eigenvalue weighted by molar-refractivity contribution is 0.598. The van der Waals surface area contributed by atoms with Crippen LogP contribution < -0.4 is 10.9 Å². The maximum absolute atomic E-state index is 11.5. The SMILES string of the molecule is Nc1c(-n2cnc3c2CCCC3)cccc1S(N)(=O)=O. The minimum absolute atomic E-state index is 0.0479. The van der Waals surface area contributed by atoms with Gasteiger partial charge < -0.3 is 10.3 Å². The van der Waals surface area contributed by atoms with E-state index in [1.807, 2.05) is 4.57 Å². The Labute approximate surface area is 117 Å². The standard InChI is InChI=1S/C13H16N4O2S/c14-13-11(6-3-7-12(13)20(15,18)19)17-8-16-9-4-1-2-5-10(9)17/h3,6-8H,1-2,4-5,14H2,(H2,15,18,19). The predicted octanol–water partition coefficient (Wildman–Crippen LogP) is 0.981. The van der Waals surface area contributed by atoms with Gasteiger partial charge >= 0.3 is 0 Å². The number of hydrogen-bond acceptors (Lipinski definition) is 4. The van der Waals surface area contributed by atoms with Crippen molar-refractivity contribution in [1.82, 2.24) is 9.55 Å². The molecule has 2 aromatic rings. The van der Waals surface area contributed by atoms with Crippen molar-refractivity contribution in [2.45, 2.75) is 30.6 Å². The second-order valence-corrected chi connectivity index (χ2v) is 6.48. The number of anilines is 1. The van der Waals surface area contributed by atoms with E-state index in [4.69, 9.17) is 10.9 Å². The summed E-state index contributed by atoms with van der Waals surface area (Å²) >= 11 is 0. The van der Waals surface area contributed by atoms with Crippen molar-refractivity contribution in [3.05, 3.63) is 35.9 Å². The first-order valence-electron chi connectivity index (χ1n) is 6.45. The molecule has 20 heavy (non-hydrogen) atoms. The molecule has 0 spiro atoms. The molecule has 1 aliphatic rings. The van der Waals surface area contributed by atoms with E-state index in [-0.39, 0.29) is 10.6 Å². The van der Waals surface area contributed by atoms with E-state index in [0.29, 0.717) is 5.69 Å². The molecule has 0 amide bonds. The number of nitrogens with two attached hydrogens (primary N) is 2. The van der Waals surface area contributed by atoms with Gasteiger partial charge in [0.2, 0.25) is 10.0 Å². The summed E-state index contributed by atoms with van der Waals surface area (Å²) < 4.78 is 24.9. The zero-order valence-electron chi connectivity index (χ0n) is 10.9. The number of para-hydroxylation sites is 1. The molecule has 0 aliphatic heterocycles. The number of nitrogen functional groups attached to an aromatic ring is 1. The van der Waals surface area contributed by atoms with Crippen molar-refractivity contribution < 1.29 is 8.42 Å². The third-order valence-electron chi connectivity index (χ3n) is 3.64. The van der Waals surface area contributed by atoms with E-state index in [9.17, 15) is 8.42 Å². The van der Waals surface area contributed by atoms with Gasteiger partial charge in [0, 0.05) is 5.69 Å². The van der Waals surface area contributed by atoms with Crippen LogP contribution in [0.25, 0.3) is 5.69 Å². The van der Waals surface area contributed by atoms with Crippen LogP contribution in [-0.2, 0) is 22.9 Å². The number of primary sulfonamides is 1. The minimum atomic E-state index is -3.83. The molecule has 4 N–H and O–H groups in total. The fraction of sp³-hybridized carbons (Fsp3) is 0.308. The molecule has 1 aromatic carbocycles. The summed E-state index contributed by atoms with van der Waals surface area (Å²) in [6, 6.07) is 4.83. The molecule has 1 aromatic heterocycles. The molecule has 0 atom stereocenters. The molecular formula is C13H16N4O2S. The highest BCUT2D eigenvalue weighted by Gasteiger charge is 2.20. The molecule has 6 nitrogen and oxygen atoms in total. The molecule has 7 heteroatoms. The fourth-order valence-corrected chi connectivity index (χ4v) is 3.35. The van der Waals surface area contributed by atoms with Crippen molar-refractivity contribution >= 4 is 15.7 Å². The average Bonchev–Trinajstić information content (AvgIpc) is 2.81. The zero-order valence-corrected chi connectivity index (χ0v) is 11.7. The van der Waals surface area contributed by atoms with E-state index < -0.39 is 10.0 Å². The van der Waals surface area contributed by atoms with Gasteiger partial charge in [0.05, 0.1) is 23.4 Å². The number of rotatable bonds is 2. The smallest absolute Gasteiger partial charge is 0.240 e. The number of imidazole rings is 1. The molecule has 0 saturated carbocycles. The number of hydrogen-bond donors (Lipinski definition) is 2. The second-order valence-electron chi connectivity index (χ2n) is 4.95. The van der Waals surface area contributed by atoms with Crippen LogP contribution >= 0.6 is 0 Å². The van der Waals surface area contributed by atoms with Gasteiger partial charge in [-0.1, -0.05) is 6.07 Å². The summed E-state index contributed by atoms with van der Waals surface area (Å²) in [6.45, 7) is 0. The summed E-state index contributed by atoms with van der Waals surface area (Å²) in [4.78, 5) is 4.34. The summed E-state index contributed by atoms with van der Waals surface area (Å²) in [5, 5.41) is 5.19. The second kappa shape index (κ2) is 4.60. The Morgan fingerprint density at radius 1 is 1.20 bits per heavy atom. The lowest BCUT2D eigenvalue weighted by Crippen LogP contribution is -2.16. The highest BCUT2D eigenvalue weighted by Crippen LogP contribution is 2.29. The monoisotopic (exact) mass is 292 g/mol. The predicted molar refractivity (Wildman–Crippen MR) is 76.0 cm³/mol. The molecule has 3 rings (SSSR count). The Hall–Kier alpha value is -1.86. The van der Waals surface area contributed by atoms with E-state index in [2.05, 4.69) is 4.98 Å². The van der Waals surface area contributed by atoms with Crippen molar-refractivity contribution in [2.24, 2.45) is 5.14 Å². The molecule has 0 unspecified atom stereocenters. The molecule has 0 fully saturated rings. The summed E-state index contributed by atoms with van der Waals surface area (Å²) in [5.41, 5.74) is 8.94. The van der Waals surface area contributed by atoms with Crippen LogP contribution in [0.4, 0.5) is 5.69 Å². The maximum Gasteiger partial charge on any atom is 0.240 e. The van der Waals surface area contributed by atoms with Gasteiger partial charge in [-0.05, 0) is 37.8 Å². The van der Waals surface area contributed by atoms with Crippen LogP contribution in [0.2, 0.25) is 0 Å². The zero-order chi connectivity index (χ0) is 14.3. The van der Waals surface area contributed by atoms with Crippen molar-refractivity contribution in [3.8, 4) is 5.69 Å². The van der Waals surface area contributed by atoms with E-state index >= 15 is 0 Å². The number of aromatic nitrogens is 2. The number of sulfonamides is 1. The number of nitrogens with zero attached hydrogens (tertiary/aromatic N) is 2. The van der Waals surface area contributed by atoms with Gasteiger partial charge in [0.15, 0.2) is 0 Å². The first-order chi connectivity index (χ1) is 9.48. The van der Waals surface area contributed by atoms with E-state index in [0.717, 1.165) is 37.1 Å². The Morgan fingerprint density at radius 2 is 1.95 bits per heavy atom. The molecular weight excluding hydrogens is 276 g/mol. The van der Waals surface area contributed by atoms with Crippen LogP contribution in [0.3, 0.4) is 0 Å². The van der Waals surface area contributed by atoms with Crippen LogP contribution in [0.5, 0.6) is 0 Å². The molecule has 0 bridgehead atoms. The lowest BCUT2D eigenvalue weighted by Gasteiger charge is -2.16. The number of fused-ring (bicyclic) bond motifs is 1. The Kier molecular flexibility index (Phi) is 3.02. The van der Waals surface area contributed by atoms with Crippen molar-refractivity contribution in [3.63, 3.8) is 0 Å². The highest BCUT2D eigenvalue weighted by atomic mass is 32.2. The van der Waals surface area contributed by atoms with Crippen LogP contribution in [0, 0.1) is 0 Å². The quantitative estimate of drug-likeness (QED) is 0.805. The number of benzene rings is 1. The van der Waals surface area contributed by atoms with Gasteiger partial charge in [0.1, 0.15) is 4.90 Å². The highest BCUT2D eigenvalue weighted by molar-refractivity contribution is 7.89. The Balaban J connectivity index is 2.19. The number of aryl methyl sites for hydroxylation is 1. The summed E-state index contributed by atoms with van der Waals surface area (Å²) in [6.07, 6.45) is 5.82. The fourth-order valence-electron chi connectivity index (χ4n) is 2.67. The van der Waals surface area contributed by atoms with Gasteiger partial charge in [0.25, 0.3) is 0 Å². The third kappa shape index (κ3) is 2.08. The summed E-state index contributed by atoms with van der Waals surface area (Å²) in [5.74, 6) is 0. The van der Waals surface area contributed by atoms with Crippen LogP contribution in [-0.4, -0.2) is 18.0 Å². The normalized spacial score (nSPS) is 15.1. The van der Waals surface area contributed by atoms with Gasteiger partial charge in [-0.25, -0.2) is 18.5 Å². The van der Waals surface area contributed by atoms with E-state index in [1.54, 1.807) is 18.5 Å². The van der Waals surface area contributed by atoms with Gasteiger partial charge in [-0.2, -0.15) is 0 Å². The Morgan fingerprint density at radius 3 is 2.70 bits per heavy atom. The van der Waals surface area contributed by atoms with Gasteiger partial charge in [-0.15, -0.1) is 0 Å². The molecule has 0 radical (unpaired) electrons. The first kappa shape index (κ1) is 13.1. The van der Waals surface area contributed by atoms with Crippen molar-refractivity contribution in [1.29, 1.82) is 0 Å². The first-order valence-corrected chi connectivity index (χ1v) is 8.00. The topological polar surface area (TPSA) is 104 Å².